The highest BCUT2D eigenvalue weighted by molar-refractivity contribution is 7.18. The number of halogens is 1. The molecule has 116 valence electrons. The Balaban J connectivity index is 1.69. The van der Waals surface area contributed by atoms with Crippen LogP contribution < -0.4 is 0 Å². The highest BCUT2D eigenvalue weighted by atomic mass is 32.1. The molecule has 0 saturated carbocycles. The number of amides is 1. The zero-order valence-electron chi connectivity index (χ0n) is 12.4. The number of fused-ring (bicyclic) bond motifs is 1. The van der Waals surface area contributed by atoms with Gasteiger partial charge in [-0.05, 0) is 37.1 Å². The van der Waals surface area contributed by atoms with Gasteiger partial charge in [-0.3, -0.25) is 4.79 Å². The van der Waals surface area contributed by atoms with Gasteiger partial charge in [-0.1, -0.05) is 24.3 Å². The second-order valence-electron chi connectivity index (χ2n) is 5.66. The molecular weight excluding hydrogens is 311 g/mol. The van der Waals surface area contributed by atoms with Crippen LogP contribution in [0.1, 0.15) is 34.2 Å². The molecule has 3 nitrogen and oxygen atoms in total. The summed E-state index contributed by atoms with van der Waals surface area (Å²) in [4.78, 5) is 19.2. The molecule has 3 aromatic rings. The van der Waals surface area contributed by atoms with Crippen LogP contribution in [0.25, 0.3) is 10.2 Å². The molecule has 1 aliphatic rings. The van der Waals surface area contributed by atoms with Crippen molar-refractivity contribution in [2.45, 2.75) is 18.9 Å². The van der Waals surface area contributed by atoms with Crippen molar-refractivity contribution in [2.24, 2.45) is 0 Å². The SMILES string of the molecule is O=C(c1ccccc1F)N1CCCC1c1nc2ccccc2s1. The van der Waals surface area contributed by atoms with Gasteiger partial charge < -0.3 is 4.90 Å². The largest absolute Gasteiger partial charge is 0.329 e. The van der Waals surface area contributed by atoms with E-state index in [-0.39, 0.29) is 17.5 Å². The number of hydrogen-bond donors (Lipinski definition) is 0. The van der Waals surface area contributed by atoms with E-state index >= 15 is 0 Å². The topological polar surface area (TPSA) is 33.2 Å². The molecule has 1 aliphatic heterocycles. The Hall–Kier alpha value is -2.27. The zero-order valence-corrected chi connectivity index (χ0v) is 13.2. The Morgan fingerprint density at radius 1 is 1.17 bits per heavy atom. The van der Waals surface area contributed by atoms with Gasteiger partial charge in [0, 0.05) is 6.54 Å². The van der Waals surface area contributed by atoms with Crippen LogP contribution in [0, 0.1) is 5.82 Å². The van der Waals surface area contributed by atoms with Gasteiger partial charge in [-0.25, -0.2) is 9.37 Å². The molecular formula is C18H15FN2OS. The summed E-state index contributed by atoms with van der Waals surface area (Å²) in [5.41, 5.74) is 1.10. The van der Waals surface area contributed by atoms with E-state index in [1.807, 2.05) is 24.3 Å². The lowest BCUT2D eigenvalue weighted by atomic mass is 10.1. The Kier molecular flexibility index (Phi) is 3.58. The first-order valence-corrected chi connectivity index (χ1v) is 8.46. The molecule has 0 radical (unpaired) electrons. The van der Waals surface area contributed by atoms with Gasteiger partial charge in [0.1, 0.15) is 10.8 Å². The van der Waals surface area contributed by atoms with Crippen molar-refractivity contribution in [3.8, 4) is 0 Å². The monoisotopic (exact) mass is 326 g/mol. The third kappa shape index (κ3) is 2.51. The Labute approximate surface area is 137 Å². The van der Waals surface area contributed by atoms with E-state index in [0.29, 0.717) is 6.54 Å². The van der Waals surface area contributed by atoms with E-state index in [2.05, 4.69) is 4.98 Å². The fraction of sp³-hybridized carbons (Fsp3) is 0.222. The van der Waals surface area contributed by atoms with Crippen molar-refractivity contribution in [1.82, 2.24) is 9.88 Å². The zero-order chi connectivity index (χ0) is 15.8. The summed E-state index contributed by atoms with van der Waals surface area (Å²) in [6, 6.07) is 14.1. The molecule has 1 saturated heterocycles. The maximum atomic E-state index is 13.9. The average Bonchev–Trinajstić information content (AvgIpc) is 3.21. The molecule has 1 fully saturated rings. The van der Waals surface area contributed by atoms with E-state index < -0.39 is 5.82 Å². The smallest absolute Gasteiger partial charge is 0.257 e. The second-order valence-corrected chi connectivity index (χ2v) is 6.72. The summed E-state index contributed by atoms with van der Waals surface area (Å²) in [6.45, 7) is 0.647. The van der Waals surface area contributed by atoms with Crippen molar-refractivity contribution in [1.29, 1.82) is 0 Å². The molecule has 0 N–H and O–H groups in total. The number of thiazole rings is 1. The number of para-hydroxylation sites is 1. The summed E-state index contributed by atoms with van der Waals surface area (Å²) in [5, 5.41) is 0.938. The minimum atomic E-state index is -0.465. The molecule has 1 amide bonds. The number of rotatable bonds is 2. The van der Waals surface area contributed by atoms with Crippen LogP contribution >= 0.6 is 11.3 Å². The normalized spacial score (nSPS) is 17.8. The molecule has 1 aromatic heterocycles. The van der Waals surface area contributed by atoms with E-state index in [0.717, 1.165) is 28.1 Å². The lowest BCUT2D eigenvalue weighted by Crippen LogP contribution is -2.31. The van der Waals surface area contributed by atoms with Gasteiger partial charge in [0.2, 0.25) is 0 Å². The van der Waals surface area contributed by atoms with Crippen molar-refractivity contribution in [3.05, 3.63) is 64.9 Å². The van der Waals surface area contributed by atoms with Crippen LogP contribution in [-0.4, -0.2) is 22.3 Å². The van der Waals surface area contributed by atoms with E-state index in [1.54, 1.807) is 34.4 Å². The number of benzene rings is 2. The van der Waals surface area contributed by atoms with Gasteiger partial charge in [0.25, 0.3) is 5.91 Å². The number of nitrogens with zero attached hydrogens (tertiary/aromatic N) is 2. The van der Waals surface area contributed by atoms with Gasteiger partial charge in [-0.15, -0.1) is 11.3 Å². The third-order valence-electron chi connectivity index (χ3n) is 4.21. The molecule has 23 heavy (non-hydrogen) atoms. The molecule has 5 heteroatoms. The average molecular weight is 326 g/mol. The van der Waals surface area contributed by atoms with Crippen LogP contribution in [-0.2, 0) is 0 Å². The molecule has 1 unspecified atom stereocenters. The first kappa shape index (κ1) is 14.3. The molecule has 4 rings (SSSR count). The molecule has 0 aliphatic carbocycles. The number of hydrogen-bond acceptors (Lipinski definition) is 3. The minimum Gasteiger partial charge on any atom is -0.329 e. The van der Waals surface area contributed by atoms with Crippen LogP contribution in [0.4, 0.5) is 4.39 Å². The van der Waals surface area contributed by atoms with Crippen LogP contribution in [0.15, 0.2) is 48.5 Å². The molecule has 2 aromatic carbocycles. The van der Waals surface area contributed by atoms with Crippen molar-refractivity contribution >= 4 is 27.5 Å². The quantitative estimate of drug-likeness (QED) is 0.699. The van der Waals surface area contributed by atoms with Crippen molar-refractivity contribution < 1.29 is 9.18 Å². The maximum absolute atomic E-state index is 13.9. The van der Waals surface area contributed by atoms with E-state index in [1.165, 1.54) is 6.07 Å². The Morgan fingerprint density at radius 3 is 2.78 bits per heavy atom. The van der Waals surface area contributed by atoms with Gasteiger partial charge >= 0.3 is 0 Å². The first-order chi connectivity index (χ1) is 11.2. The van der Waals surface area contributed by atoms with Crippen LogP contribution in [0.2, 0.25) is 0 Å². The summed E-state index contributed by atoms with van der Waals surface area (Å²) in [6.07, 6.45) is 1.79. The third-order valence-corrected chi connectivity index (χ3v) is 5.35. The number of carbonyl (C=O) groups is 1. The number of aromatic nitrogens is 1. The van der Waals surface area contributed by atoms with Crippen LogP contribution in [0.5, 0.6) is 0 Å². The molecule has 0 bridgehead atoms. The first-order valence-electron chi connectivity index (χ1n) is 7.65. The second kappa shape index (κ2) is 5.74. The van der Waals surface area contributed by atoms with Gasteiger partial charge in [0.15, 0.2) is 0 Å². The summed E-state index contributed by atoms with van der Waals surface area (Å²) in [5.74, 6) is -0.711. The highest BCUT2D eigenvalue weighted by Crippen LogP contribution is 2.37. The lowest BCUT2D eigenvalue weighted by Gasteiger charge is -2.23. The highest BCUT2D eigenvalue weighted by Gasteiger charge is 2.33. The van der Waals surface area contributed by atoms with E-state index in [9.17, 15) is 9.18 Å². The Morgan fingerprint density at radius 2 is 1.96 bits per heavy atom. The predicted octanol–water partition coefficient (Wildman–Crippen LogP) is 4.41. The van der Waals surface area contributed by atoms with E-state index in [4.69, 9.17) is 0 Å². The van der Waals surface area contributed by atoms with Crippen molar-refractivity contribution in [3.63, 3.8) is 0 Å². The van der Waals surface area contributed by atoms with Crippen LogP contribution in [0.3, 0.4) is 0 Å². The summed E-state index contributed by atoms with van der Waals surface area (Å²) >= 11 is 1.62. The van der Waals surface area contributed by atoms with Gasteiger partial charge in [-0.2, -0.15) is 0 Å². The van der Waals surface area contributed by atoms with Gasteiger partial charge in [0.05, 0.1) is 21.8 Å². The molecule has 0 spiro atoms. The lowest BCUT2D eigenvalue weighted by molar-refractivity contribution is 0.0731. The summed E-state index contributed by atoms with van der Waals surface area (Å²) in [7, 11) is 0. The minimum absolute atomic E-state index is 0.0560. The maximum Gasteiger partial charge on any atom is 0.257 e. The fourth-order valence-electron chi connectivity index (χ4n) is 3.09. The molecule has 2 heterocycles. The number of carbonyl (C=O) groups excluding carboxylic acids is 1. The predicted molar refractivity (Wildman–Crippen MR) is 89.0 cm³/mol. The standard InChI is InChI=1S/C18H15FN2OS/c19-13-7-2-1-6-12(13)18(22)21-11-5-9-15(21)17-20-14-8-3-4-10-16(14)23-17/h1-4,6-8,10,15H,5,9,11H2. The Bertz CT molecular complexity index is 843. The van der Waals surface area contributed by atoms with Crippen molar-refractivity contribution in [2.75, 3.05) is 6.54 Å². The summed E-state index contributed by atoms with van der Waals surface area (Å²) < 4.78 is 15.0. The number of likely N-dealkylation sites (tertiary alicyclic amines) is 1. The molecule has 1 atom stereocenters. The fourth-order valence-corrected chi connectivity index (χ4v) is 4.20.